The highest BCUT2D eigenvalue weighted by Crippen LogP contribution is 2.38. The minimum Gasteiger partial charge on any atom is -0.756 e. The number of ether oxygens (including phenoxy) is 2. The van der Waals surface area contributed by atoms with Crippen molar-refractivity contribution in [3.05, 3.63) is 170 Å². The molecule has 82 heavy (non-hydrogen) atoms. The van der Waals surface area contributed by atoms with Crippen LogP contribution in [-0.4, -0.2) is 70.0 Å². The van der Waals surface area contributed by atoms with E-state index < -0.39 is 32.5 Å². The van der Waals surface area contributed by atoms with Crippen molar-refractivity contribution in [1.29, 1.82) is 0 Å². The number of carbonyl (C=O) groups is 2. The summed E-state index contributed by atoms with van der Waals surface area (Å²) in [6.07, 6.45) is 92.6. The maximum absolute atomic E-state index is 12.8. The number of likely N-dealkylation sites (N-methyl/N-ethyl adjacent to an activating group) is 1. The first-order valence-electron chi connectivity index (χ1n) is 31.8. The summed E-state index contributed by atoms with van der Waals surface area (Å²) in [7, 11) is 1.12. The highest BCUT2D eigenvalue weighted by Gasteiger charge is 2.22. The molecule has 0 heterocycles. The maximum atomic E-state index is 12.8. The van der Waals surface area contributed by atoms with E-state index in [1.54, 1.807) is 0 Å². The number of hydrogen-bond donors (Lipinski definition) is 0. The molecular formula is C72H116NO8P. The minimum atomic E-state index is -4.66. The SMILES string of the molecule is CC/C=C\C/C=C\C/C=C\C/C=C\C/C=C\C/C=C\C/C=C\C/C=C\C/C=C\CCCCCCCCCCCC(=O)OC(COC(=O)CCCCCCC/C=C\C/C=C\C/C=C\C/C=C\C/C=C\CC)COP(=O)([O-])OCC[N+](C)(C)C. The Balaban J connectivity index is 4.19. The molecule has 2 unspecified atom stereocenters. The Labute approximate surface area is 502 Å². The molecule has 0 aromatic heterocycles. The zero-order valence-electron chi connectivity index (χ0n) is 52.4. The van der Waals surface area contributed by atoms with E-state index in [4.69, 9.17) is 18.5 Å². The zero-order valence-corrected chi connectivity index (χ0v) is 53.3. The molecule has 10 heteroatoms. The highest BCUT2D eigenvalue weighted by molar-refractivity contribution is 7.45. The van der Waals surface area contributed by atoms with Crippen LogP contribution >= 0.6 is 7.82 Å². The Morgan fingerprint density at radius 2 is 0.659 bits per heavy atom. The molecule has 0 saturated heterocycles. The van der Waals surface area contributed by atoms with Gasteiger partial charge in [0.15, 0.2) is 6.10 Å². The smallest absolute Gasteiger partial charge is 0.306 e. The molecule has 0 amide bonds. The van der Waals surface area contributed by atoms with Crippen LogP contribution in [0.25, 0.3) is 0 Å². The summed E-state index contributed by atoms with van der Waals surface area (Å²) in [5.41, 5.74) is 0. The third-order valence-electron chi connectivity index (χ3n) is 12.7. The van der Waals surface area contributed by atoms with E-state index in [-0.39, 0.29) is 26.1 Å². The summed E-state index contributed by atoms with van der Waals surface area (Å²) in [5, 5.41) is 0. The van der Waals surface area contributed by atoms with E-state index in [0.717, 1.165) is 148 Å². The van der Waals surface area contributed by atoms with Gasteiger partial charge >= 0.3 is 11.9 Å². The first-order valence-corrected chi connectivity index (χ1v) is 33.3. The van der Waals surface area contributed by atoms with Crippen LogP contribution in [0.1, 0.15) is 219 Å². The molecule has 2 atom stereocenters. The normalized spacial score (nSPS) is 14.4. The van der Waals surface area contributed by atoms with Gasteiger partial charge in [0.2, 0.25) is 0 Å². The van der Waals surface area contributed by atoms with Gasteiger partial charge in [-0.05, 0) is 128 Å². The predicted molar refractivity (Wildman–Crippen MR) is 350 cm³/mol. The van der Waals surface area contributed by atoms with Gasteiger partial charge in [-0.3, -0.25) is 14.2 Å². The maximum Gasteiger partial charge on any atom is 0.306 e. The van der Waals surface area contributed by atoms with E-state index in [0.29, 0.717) is 23.9 Å². The summed E-state index contributed by atoms with van der Waals surface area (Å²) in [5.74, 6) is -0.875. The summed E-state index contributed by atoms with van der Waals surface area (Å²) < 4.78 is 34.2. The second kappa shape index (κ2) is 60.9. The van der Waals surface area contributed by atoms with Gasteiger partial charge in [0.05, 0.1) is 27.7 Å². The number of nitrogens with zero attached hydrogens (tertiary/aromatic N) is 1. The number of rotatable bonds is 56. The van der Waals surface area contributed by atoms with Gasteiger partial charge in [0, 0.05) is 12.8 Å². The minimum absolute atomic E-state index is 0.0451. The van der Waals surface area contributed by atoms with Gasteiger partial charge in [-0.15, -0.1) is 0 Å². The number of allylic oxidation sites excluding steroid dienone is 28. The molecule has 0 aliphatic carbocycles. The van der Waals surface area contributed by atoms with E-state index in [1.165, 1.54) is 32.1 Å². The van der Waals surface area contributed by atoms with Crippen molar-refractivity contribution in [3.8, 4) is 0 Å². The molecule has 0 aromatic rings. The standard InChI is InChI=1S/C72H116NO8P/c1-6-8-10-12-14-16-18-20-22-24-26-28-29-30-31-32-33-34-35-36-37-38-39-40-41-42-43-45-47-49-51-53-55-57-59-61-63-65-72(75)81-70(69-80-82(76,77)79-67-66-73(3,4)5)68-78-71(74)64-62-60-58-56-54-52-50-48-46-44-27-25-23-21-19-17-15-13-11-9-7-2/h8-11,14-17,20-23,26-28,30-31,33-34,36-37,39-40,42-44,48,50,70H,6-7,12-13,18-19,24-25,29,32,35,38,41,45-47,49,51-69H2,1-5H3/b10-8-,11-9-,16-14-,17-15-,22-20-,23-21-,28-26-,31-30-,34-33-,37-36-,40-39-,43-42-,44-27-,50-48-. The second-order valence-corrected chi connectivity index (χ2v) is 23.1. The van der Waals surface area contributed by atoms with Crippen LogP contribution < -0.4 is 4.89 Å². The van der Waals surface area contributed by atoms with Crippen LogP contribution in [0.2, 0.25) is 0 Å². The van der Waals surface area contributed by atoms with Crippen molar-refractivity contribution in [1.82, 2.24) is 0 Å². The number of carbonyl (C=O) groups excluding carboxylic acids is 2. The lowest BCUT2D eigenvalue weighted by atomic mass is 10.1. The van der Waals surface area contributed by atoms with Crippen molar-refractivity contribution >= 4 is 19.8 Å². The molecule has 462 valence electrons. The number of quaternary nitrogens is 1. The molecular weight excluding hydrogens is 1040 g/mol. The van der Waals surface area contributed by atoms with Crippen LogP contribution in [0.15, 0.2) is 170 Å². The Kier molecular flexibility index (Phi) is 57.5. The Hall–Kier alpha value is -4.63. The predicted octanol–water partition coefficient (Wildman–Crippen LogP) is 20.0. The molecule has 0 saturated carbocycles. The lowest BCUT2D eigenvalue weighted by Crippen LogP contribution is -2.37. The molecule has 0 aliphatic heterocycles. The average molecular weight is 1150 g/mol. The van der Waals surface area contributed by atoms with E-state index in [2.05, 4.69) is 184 Å². The van der Waals surface area contributed by atoms with Crippen LogP contribution in [0.5, 0.6) is 0 Å². The number of unbranched alkanes of at least 4 members (excludes halogenated alkanes) is 14. The van der Waals surface area contributed by atoms with E-state index >= 15 is 0 Å². The molecule has 0 fully saturated rings. The van der Waals surface area contributed by atoms with Crippen LogP contribution in [0.3, 0.4) is 0 Å². The third-order valence-corrected chi connectivity index (χ3v) is 13.7. The summed E-state index contributed by atoms with van der Waals surface area (Å²) >= 11 is 0. The fourth-order valence-electron chi connectivity index (χ4n) is 7.91. The monoisotopic (exact) mass is 1150 g/mol. The zero-order chi connectivity index (χ0) is 59.8. The van der Waals surface area contributed by atoms with Crippen LogP contribution in [0.4, 0.5) is 0 Å². The Bertz CT molecular complexity index is 1990. The lowest BCUT2D eigenvalue weighted by molar-refractivity contribution is -0.870. The van der Waals surface area contributed by atoms with Gasteiger partial charge in [-0.25, -0.2) is 0 Å². The van der Waals surface area contributed by atoms with Gasteiger partial charge < -0.3 is 27.9 Å². The largest absolute Gasteiger partial charge is 0.756 e. The van der Waals surface area contributed by atoms with Gasteiger partial charge in [-0.1, -0.05) is 248 Å². The first kappa shape index (κ1) is 77.4. The third kappa shape index (κ3) is 64.5. The molecule has 0 aromatic carbocycles. The fraction of sp³-hybridized carbons (Fsp3) is 0.583. The molecule has 0 aliphatic rings. The Morgan fingerprint density at radius 1 is 0.378 bits per heavy atom. The molecule has 0 rings (SSSR count). The number of phosphoric ester groups is 1. The van der Waals surface area contributed by atoms with Crippen LogP contribution in [0, 0.1) is 0 Å². The summed E-state index contributed by atoms with van der Waals surface area (Å²) in [6, 6.07) is 0. The summed E-state index contributed by atoms with van der Waals surface area (Å²) in [6.45, 7) is 3.96. The van der Waals surface area contributed by atoms with Gasteiger partial charge in [-0.2, -0.15) is 0 Å². The van der Waals surface area contributed by atoms with Crippen LogP contribution in [-0.2, 0) is 32.7 Å². The molecule has 0 radical (unpaired) electrons. The fourth-order valence-corrected chi connectivity index (χ4v) is 8.64. The molecule has 0 bridgehead atoms. The number of phosphoric acid groups is 1. The molecule has 0 N–H and O–H groups in total. The molecule has 9 nitrogen and oxygen atoms in total. The topological polar surface area (TPSA) is 111 Å². The first-order chi connectivity index (χ1) is 40.0. The quantitative estimate of drug-likeness (QED) is 0.0195. The average Bonchev–Trinajstić information content (AvgIpc) is 3.46. The van der Waals surface area contributed by atoms with E-state index in [9.17, 15) is 19.0 Å². The second-order valence-electron chi connectivity index (χ2n) is 21.7. The molecule has 0 spiro atoms. The van der Waals surface area contributed by atoms with Crippen molar-refractivity contribution in [2.45, 2.75) is 225 Å². The van der Waals surface area contributed by atoms with Crippen molar-refractivity contribution < 1.29 is 42.1 Å². The summed E-state index contributed by atoms with van der Waals surface area (Å²) in [4.78, 5) is 38.0. The Morgan fingerprint density at radius 3 is 0.976 bits per heavy atom. The van der Waals surface area contributed by atoms with Crippen molar-refractivity contribution in [2.24, 2.45) is 0 Å². The lowest BCUT2D eigenvalue weighted by Gasteiger charge is -2.28. The van der Waals surface area contributed by atoms with Crippen molar-refractivity contribution in [3.63, 3.8) is 0 Å². The van der Waals surface area contributed by atoms with Gasteiger partial charge in [0.25, 0.3) is 7.82 Å². The van der Waals surface area contributed by atoms with Gasteiger partial charge in [0.1, 0.15) is 19.8 Å². The number of hydrogen-bond acceptors (Lipinski definition) is 8. The van der Waals surface area contributed by atoms with Crippen molar-refractivity contribution in [2.75, 3.05) is 47.5 Å². The highest BCUT2D eigenvalue weighted by atomic mass is 31.2. The number of esters is 2. The van der Waals surface area contributed by atoms with E-state index in [1.807, 2.05) is 21.1 Å².